The Balaban J connectivity index is 3.25. The molecule has 0 unspecified atom stereocenters. The molecule has 0 aliphatic rings. The van der Waals surface area contributed by atoms with Crippen molar-refractivity contribution in [1.29, 1.82) is 5.26 Å². The first-order valence-electron chi connectivity index (χ1n) is 3.39. The molecule has 0 fully saturated rings. The summed E-state index contributed by atoms with van der Waals surface area (Å²) in [6.45, 7) is -3.04. The summed E-state index contributed by atoms with van der Waals surface area (Å²) >= 11 is 11.1. The van der Waals surface area contributed by atoms with E-state index in [9.17, 15) is 8.78 Å². The highest BCUT2D eigenvalue weighted by Crippen LogP contribution is 2.34. The fourth-order valence-corrected chi connectivity index (χ4v) is 1.23. The van der Waals surface area contributed by atoms with Gasteiger partial charge in [-0.25, -0.2) is 0 Å². The molecule has 1 aromatic carbocycles. The number of halogens is 4. The van der Waals surface area contributed by atoms with Crippen molar-refractivity contribution < 1.29 is 13.5 Å². The first-order chi connectivity index (χ1) is 6.56. The third-order valence-corrected chi connectivity index (χ3v) is 1.99. The molecule has 1 aromatic rings. The molecule has 14 heavy (non-hydrogen) atoms. The highest BCUT2D eigenvalue weighted by molar-refractivity contribution is 6.35. The van der Waals surface area contributed by atoms with Crippen molar-refractivity contribution in [1.82, 2.24) is 0 Å². The molecule has 6 heteroatoms. The van der Waals surface area contributed by atoms with Crippen molar-refractivity contribution in [2.75, 3.05) is 0 Å². The van der Waals surface area contributed by atoms with Gasteiger partial charge in [0.15, 0.2) is 5.75 Å². The Kier molecular flexibility index (Phi) is 3.50. The highest BCUT2D eigenvalue weighted by Gasteiger charge is 2.16. The molecule has 1 rings (SSSR count). The molecule has 2 nitrogen and oxygen atoms in total. The van der Waals surface area contributed by atoms with Crippen LogP contribution in [0.3, 0.4) is 0 Å². The van der Waals surface area contributed by atoms with Crippen molar-refractivity contribution in [3.05, 3.63) is 27.7 Å². The van der Waals surface area contributed by atoms with Crippen molar-refractivity contribution >= 4 is 23.2 Å². The SMILES string of the molecule is N#Cc1c(Cl)ccc(Cl)c1OC(F)F. The van der Waals surface area contributed by atoms with Crippen LogP contribution in [-0.4, -0.2) is 6.61 Å². The van der Waals surface area contributed by atoms with E-state index in [4.69, 9.17) is 28.5 Å². The summed E-state index contributed by atoms with van der Waals surface area (Å²) in [5.41, 5.74) is -0.195. The Morgan fingerprint density at radius 3 is 2.36 bits per heavy atom. The fourth-order valence-electron chi connectivity index (χ4n) is 0.842. The summed E-state index contributed by atoms with van der Waals surface area (Å²) in [4.78, 5) is 0. The number of benzene rings is 1. The van der Waals surface area contributed by atoms with Crippen LogP contribution in [0.2, 0.25) is 10.0 Å². The normalized spacial score (nSPS) is 10.0. The molecule has 0 heterocycles. The first-order valence-corrected chi connectivity index (χ1v) is 4.14. The molecule has 0 atom stereocenters. The van der Waals surface area contributed by atoms with Gasteiger partial charge in [0, 0.05) is 0 Å². The van der Waals surface area contributed by atoms with Gasteiger partial charge in [0.2, 0.25) is 0 Å². The van der Waals surface area contributed by atoms with Crippen LogP contribution in [0.4, 0.5) is 8.78 Å². The van der Waals surface area contributed by atoms with E-state index in [0.717, 1.165) is 0 Å². The summed E-state index contributed by atoms with van der Waals surface area (Å²) in [6, 6.07) is 4.25. The zero-order valence-corrected chi connectivity index (χ0v) is 8.11. The second-order valence-electron chi connectivity index (χ2n) is 2.22. The van der Waals surface area contributed by atoms with Gasteiger partial charge in [-0.2, -0.15) is 14.0 Å². The van der Waals surface area contributed by atoms with E-state index in [1.165, 1.54) is 12.1 Å². The third kappa shape index (κ3) is 2.25. The zero-order valence-electron chi connectivity index (χ0n) is 6.60. The average Bonchev–Trinajstić information content (AvgIpc) is 2.11. The van der Waals surface area contributed by atoms with Crippen molar-refractivity contribution in [2.24, 2.45) is 0 Å². The molecule has 0 saturated heterocycles. The molecule has 74 valence electrons. The van der Waals surface area contributed by atoms with Gasteiger partial charge >= 0.3 is 6.61 Å². The Labute approximate surface area is 88.6 Å². The minimum atomic E-state index is -3.04. The Bertz CT molecular complexity index is 390. The average molecular weight is 238 g/mol. The van der Waals surface area contributed by atoms with Crippen LogP contribution < -0.4 is 4.74 Å². The zero-order chi connectivity index (χ0) is 10.7. The summed E-state index contributed by atoms with van der Waals surface area (Å²) in [7, 11) is 0. The number of nitrogens with zero attached hydrogens (tertiary/aromatic N) is 1. The molecule has 0 aliphatic carbocycles. The maximum absolute atomic E-state index is 11.9. The minimum absolute atomic E-state index is 0.0209. The molecule has 0 bridgehead atoms. The lowest BCUT2D eigenvalue weighted by molar-refractivity contribution is -0.0499. The van der Waals surface area contributed by atoms with Crippen LogP contribution in [0.5, 0.6) is 5.75 Å². The topological polar surface area (TPSA) is 33.0 Å². The molecule has 0 aliphatic heterocycles. The highest BCUT2D eigenvalue weighted by atomic mass is 35.5. The summed E-state index contributed by atoms with van der Waals surface area (Å²) in [5, 5.41) is 8.56. The standard InChI is InChI=1S/C8H3Cl2F2NO/c9-5-1-2-6(10)7(4(5)3-13)14-8(11)12/h1-2,8H. The smallest absolute Gasteiger partial charge is 0.387 e. The number of hydrogen-bond acceptors (Lipinski definition) is 2. The fraction of sp³-hybridized carbons (Fsp3) is 0.125. The van der Waals surface area contributed by atoms with Gasteiger partial charge in [0.05, 0.1) is 10.0 Å². The largest absolute Gasteiger partial charge is 0.432 e. The second-order valence-corrected chi connectivity index (χ2v) is 3.04. The molecule has 0 spiro atoms. The van der Waals surface area contributed by atoms with Crippen LogP contribution in [0.25, 0.3) is 0 Å². The van der Waals surface area contributed by atoms with Gasteiger partial charge in [-0.05, 0) is 12.1 Å². The quantitative estimate of drug-likeness (QED) is 0.790. The van der Waals surface area contributed by atoms with Crippen LogP contribution in [-0.2, 0) is 0 Å². The van der Waals surface area contributed by atoms with Crippen molar-refractivity contribution in [3.8, 4) is 11.8 Å². The van der Waals surface area contributed by atoms with Crippen LogP contribution >= 0.6 is 23.2 Å². The van der Waals surface area contributed by atoms with Crippen molar-refractivity contribution in [3.63, 3.8) is 0 Å². The maximum Gasteiger partial charge on any atom is 0.387 e. The summed E-state index contributed by atoms with van der Waals surface area (Å²) in [6.07, 6.45) is 0. The van der Waals surface area contributed by atoms with E-state index in [1.54, 1.807) is 6.07 Å². The first kappa shape index (κ1) is 11.0. The number of nitriles is 1. The van der Waals surface area contributed by atoms with Gasteiger partial charge in [-0.15, -0.1) is 0 Å². The van der Waals surface area contributed by atoms with E-state index >= 15 is 0 Å². The van der Waals surface area contributed by atoms with E-state index in [1.807, 2.05) is 0 Å². The lowest BCUT2D eigenvalue weighted by atomic mass is 10.2. The van der Waals surface area contributed by atoms with E-state index in [-0.39, 0.29) is 15.6 Å². The number of alkyl halides is 2. The number of rotatable bonds is 2. The summed E-state index contributed by atoms with van der Waals surface area (Å²) < 4.78 is 27.9. The van der Waals surface area contributed by atoms with Crippen LogP contribution in [0.1, 0.15) is 5.56 Å². The van der Waals surface area contributed by atoms with Crippen LogP contribution in [0.15, 0.2) is 12.1 Å². The molecule has 0 amide bonds. The lowest BCUT2D eigenvalue weighted by Crippen LogP contribution is -2.04. The minimum Gasteiger partial charge on any atom is -0.432 e. The van der Waals surface area contributed by atoms with Gasteiger partial charge < -0.3 is 4.74 Å². The van der Waals surface area contributed by atoms with Gasteiger partial charge in [-0.1, -0.05) is 23.2 Å². The summed E-state index contributed by atoms with van der Waals surface area (Å²) in [5.74, 6) is -0.392. The second kappa shape index (κ2) is 4.45. The Morgan fingerprint density at radius 1 is 1.29 bits per heavy atom. The molecule has 0 N–H and O–H groups in total. The Morgan fingerprint density at radius 2 is 1.86 bits per heavy atom. The molecule has 0 radical (unpaired) electrons. The predicted molar refractivity (Wildman–Crippen MR) is 47.8 cm³/mol. The van der Waals surface area contributed by atoms with Gasteiger partial charge in [-0.3, -0.25) is 0 Å². The van der Waals surface area contributed by atoms with E-state index in [2.05, 4.69) is 4.74 Å². The van der Waals surface area contributed by atoms with E-state index < -0.39 is 12.4 Å². The predicted octanol–water partition coefficient (Wildman–Crippen LogP) is 3.47. The molecular weight excluding hydrogens is 235 g/mol. The monoisotopic (exact) mass is 237 g/mol. The number of ether oxygens (including phenoxy) is 1. The Hall–Kier alpha value is -1.05. The lowest BCUT2D eigenvalue weighted by Gasteiger charge is -2.08. The van der Waals surface area contributed by atoms with Crippen LogP contribution in [0, 0.1) is 11.3 Å². The maximum atomic E-state index is 11.9. The molecule has 0 aromatic heterocycles. The van der Waals surface area contributed by atoms with E-state index in [0.29, 0.717) is 0 Å². The third-order valence-electron chi connectivity index (χ3n) is 1.38. The van der Waals surface area contributed by atoms with Gasteiger partial charge in [0.25, 0.3) is 0 Å². The van der Waals surface area contributed by atoms with Gasteiger partial charge in [0.1, 0.15) is 11.6 Å². The molecule has 0 saturated carbocycles. The number of hydrogen-bond donors (Lipinski definition) is 0. The molecular formula is C8H3Cl2F2NO. The van der Waals surface area contributed by atoms with Crippen molar-refractivity contribution in [2.45, 2.75) is 6.61 Å².